The molecular weight excluding hydrogens is 720 g/mol. The predicted molar refractivity (Wildman–Crippen MR) is 191 cm³/mol. The minimum absolute atomic E-state index is 0.0289. The van der Waals surface area contributed by atoms with Gasteiger partial charge in [-0.15, -0.1) is 0 Å². The number of carbonyl (C=O) groups is 1. The lowest BCUT2D eigenvalue weighted by molar-refractivity contribution is -0.337. The van der Waals surface area contributed by atoms with Gasteiger partial charge in [-0.3, -0.25) is 4.79 Å². The molecule has 15 nitrogen and oxygen atoms in total. The molecule has 0 amide bonds. The second-order valence-electron chi connectivity index (χ2n) is 18.7. The minimum atomic E-state index is -1.68. The van der Waals surface area contributed by atoms with Gasteiger partial charge >= 0.3 is 5.97 Å². The monoisotopic (exact) mass is 784 g/mol. The fraction of sp³-hybridized carbons (Fsp3) is 0.925. The van der Waals surface area contributed by atoms with Crippen molar-refractivity contribution >= 4 is 5.97 Å². The van der Waals surface area contributed by atoms with Gasteiger partial charge in [0.05, 0.1) is 31.3 Å². The van der Waals surface area contributed by atoms with Crippen LogP contribution in [0.25, 0.3) is 0 Å². The summed E-state index contributed by atoms with van der Waals surface area (Å²) >= 11 is 0. The molecule has 15 heteroatoms. The van der Waals surface area contributed by atoms with Crippen LogP contribution in [0.3, 0.4) is 0 Å². The average molecular weight is 785 g/mol. The van der Waals surface area contributed by atoms with E-state index in [0.29, 0.717) is 24.7 Å². The fourth-order valence-corrected chi connectivity index (χ4v) is 12.2. The average Bonchev–Trinajstić information content (AvgIpc) is 3.51. The van der Waals surface area contributed by atoms with Crippen molar-refractivity contribution in [2.45, 2.75) is 171 Å². The first-order chi connectivity index (χ1) is 25.8. The van der Waals surface area contributed by atoms with Crippen LogP contribution in [0.1, 0.15) is 86.0 Å². The molecule has 7 rings (SSSR count). The van der Waals surface area contributed by atoms with Crippen LogP contribution in [-0.4, -0.2) is 150 Å². The van der Waals surface area contributed by atoms with E-state index in [-0.39, 0.29) is 41.5 Å². The smallest absolute Gasteiger partial charge is 0.309 e. The largest absolute Gasteiger partial charge is 0.459 e. The lowest BCUT2D eigenvalue weighted by Gasteiger charge is -2.60. The molecule has 2 unspecified atom stereocenters. The molecule has 3 heterocycles. The summed E-state index contributed by atoms with van der Waals surface area (Å²) < 4.78 is 29.0. The first-order valence-electron chi connectivity index (χ1n) is 20.4. The lowest BCUT2D eigenvalue weighted by atomic mass is 9.46. The van der Waals surface area contributed by atoms with Gasteiger partial charge in [0.2, 0.25) is 0 Å². The first kappa shape index (κ1) is 41.8. The summed E-state index contributed by atoms with van der Waals surface area (Å²) in [6.07, 6.45) is -9.11. The molecule has 0 radical (unpaired) electrons. The van der Waals surface area contributed by atoms with Crippen LogP contribution < -0.4 is 0 Å². The van der Waals surface area contributed by atoms with Gasteiger partial charge in [-0.1, -0.05) is 39.3 Å². The van der Waals surface area contributed by atoms with Crippen molar-refractivity contribution in [2.75, 3.05) is 13.2 Å². The zero-order chi connectivity index (χ0) is 39.9. The topological polar surface area (TPSA) is 245 Å². The van der Waals surface area contributed by atoms with E-state index in [2.05, 4.69) is 26.8 Å². The molecule has 4 aliphatic carbocycles. The van der Waals surface area contributed by atoms with Gasteiger partial charge in [-0.25, -0.2) is 0 Å². The van der Waals surface area contributed by atoms with E-state index in [0.717, 1.165) is 37.7 Å². The van der Waals surface area contributed by atoms with Gasteiger partial charge in [0.1, 0.15) is 60.5 Å². The van der Waals surface area contributed by atoms with Gasteiger partial charge in [0, 0.05) is 11.8 Å². The third-order valence-corrected chi connectivity index (χ3v) is 15.9. The van der Waals surface area contributed by atoms with Crippen LogP contribution in [0.5, 0.6) is 0 Å². The molecule has 0 spiro atoms. The summed E-state index contributed by atoms with van der Waals surface area (Å²) in [5.41, 5.74) is -0.749. The molecule has 3 saturated heterocycles. The summed E-state index contributed by atoms with van der Waals surface area (Å²) in [4.78, 5) is 12.7. The van der Waals surface area contributed by atoms with E-state index in [4.69, 9.17) is 23.7 Å². The Balaban J connectivity index is 1.01. The SMILES string of the molecule is CC1C(=O)O[C@@H]([C@](C)(O)[C@H]2CC[C@H]3[C@@H]4CC=C5C[C@@H](O[C@@H]6O[C@H](COC7O[C@H](CO)[C@@H](O)[C@H](O)[C@H]7O)[C@@H](O)[C@H](O)[C@H]6O)C[C@H](O)[C@]5(C)[C@H]4CC[C@]23C)C[C@@H]1C. The number of hydrogen-bond acceptors (Lipinski definition) is 15. The van der Waals surface area contributed by atoms with Gasteiger partial charge in [-0.2, -0.15) is 0 Å². The molecule has 55 heavy (non-hydrogen) atoms. The summed E-state index contributed by atoms with van der Waals surface area (Å²) in [6, 6.07) is 0. The molecule has 3 aliphatic heterocycles. The summed E-state index contributed by atoms with van der Waals surface area (Å²) in [5.74, 6) is 0.515. The predicted octanol–water partition coefficient (Wildman–Crippen LogP) is -0.116. The molecule has 6 fully saturated rings. The van der Waals surface area contributed by atoms with E-state index in [1.165, 1.54) is 0 Å². The molecule has 0 aromatic carbocycles. The Labute approximate surface area is 322 Å². The van der Waals surface area contributed by atoms with Crippen molar-refractivity contribution < 1.29 is 74.4 Å². The second-order valence-corrected chi connectivity index (χ2v) is 18.7. The van der Waals surface area contributed by atoms with Crippen LogP contribution in [-0.2, 0) is 28.5 Å². The third-order valence-electron chi connectivity index (χ3n) is 15.9. The number of esters is 1. The van der Waals surface area contributed by atoms with E-state index < -0.39 is 104 Å². The number of aliphatic hydroxyl groups is 9. The first-order valence-corrected chi connectivity index (χ1v) is 20.4. The number of rotatable bonds is 8. The summed E-state index contributed by atoms with van der Waals surface area (Å²) in [5, 5.41) is 96.5. The lowest BCUT2D eigenvalue weighted by Crippen LogP contribution is -2.62. The Morgan fingerprint density at radius 2 is 1.51 bits per heavy atom. The molecule has 0 aromatic heterocycles. The number of cyclic esters (lactones) is 1. The summed E-state index contributed by atoms with van der Waals surface area (Å²) in [6.45, 7) is 9.14. The van der Waals surface area contributed by atoms with E-state index >= 15 is 0 Å². The van der Waals surface area contributed by atoms with E-state index in [1.807, 2.05) is 13.8 Å². The van der Waals surface area contributed by atoms with Crippen molar-refractivity contribution in [1.82, 2.24) is 0 Å². The quantitative estimate of drug-likeness (QED) is 0.115. The van der Waals surface area contributed by atoms with E-state index in [1.54, 1.807) is 0 Å². The maximum atomic E-state index is 12.7. The second kappa shape index (κ2) is 15.4. The van der Waals surface area contributed by atoms with Crippen LogP contribution >= 0.6 is 0 Å². The van der Waals surface area contributed by atoms with Crippen LogP contribution in [0.4, 0.5) is 0 Å². The van der Waals surface area contributed by atoms with Crippen LogP contribution in [0, 0.1) is 46.3 Å². The molecular formula is C40H64O15. The van der Waals surface area contributed by atoms with Gasteiger partial charge in [0.25, 0.3) is 0 Å². The van der Waals surface area contributed by atoms with Crippen molar-refractivity contribution in [3.8, 4) is 0 Å². The summed E-state index contributed by atoms with van der Waals surface area (Å²) in [7, 11) is 0. The van der Waals surface area contributed by atoms with Crippen LogP contribution in [0.2, 0.25) is 0 Å². The van der Waals surface area contributed by atoms with E-state index in [9.17, 15) is 50.8 Å². The highest BCUT2D eigenvalue weighted by Gasteiger charge is 2.64. The Bertz CT molecular complexity index is 1420. The fourth-order valence-electron chi connectivity index (χ4n) is 12.2. The highest BCUT2D eigenvalue weighted by atomic mass is 16.7. The molecule has 22 atom stereocenters. The minimum Gasteiger partial charge on any atom is -0.459 e. The number of hydrogen-bond donors (Lipinski definition) is 9. The Kier molecular flexibility index (Phi) is 11.7. The maximum absolute atomic E-state index is 12.7. The molecule has 7 aliphatic rings. The number of fused-ring (bicyclic) bond motifs is 5. The highest BCUT2D eigenvalue weighted by molar-refractivity contribution is 5.73. The highest BCUT2D eigenvalue weighted by Crippen LogP contribution is 2.68. The molecule has 9 N–H and O–H groups in total. The third kappa shape index (κ3) is 6.94. The Morgan fingerprint density at radius 1 is 0.855 bits per heavy atom. The van der Waals surface area contributed by atoms with Gasteiger partial charge in [0.15, 0.2) is 12.6 Å². The Hall–Kier alpha value is -1.31. The van der Waals surface area contributed by atoms with Crippen molar-refractivity contribution in [3.05, 3.63) is 11.6 Å². The standard InChI is InChI=1S/C40H64O15/c1-17-12-28(55-35(49)18(17)2)40(5,50)26-9-8-22-21-7-6-19-13-20(14-27(42)39(19,4)23(21)10-11-38(22,26)3)52-37-34(48)32(46)30(44)25(54-37)16-51-36-33(47)31(45)29(43)24(15-41)53-36/h6,17-18,20-34,36-37,41-48,50H,7-16H2,1-5H3/t17-,18?,20+,21-,22-,23-,24+,25+,26-,27-,28+,29+,30+,31-,32-,33+,34+,36?,37+,38-,39-,40+/m0/s1. The van der Waals surface area contributed by atoms with Gasteiger partial charge < -0.3 is 69.6 Å². The number of ether oxygens (including phenoxy) is 5. The van der Waals surface area contributed by atoms with Crippen molar-refractivity contribution in [1.29, 1.82) is 0 Å². The number of carbonyl (C=O) groups excluding carboxylic acids is 1. The normalized spacial score (nSPS) is 54.0. The van der Waals surface area contributed by atoms with Gasteiger partial charge in [-0.05, 0) is 86.9 Å². The molecule has 3 saturated carbocycles. The molecule has 0 bridgehead atoms. The Morgan fingerprint density at radius 3 is 2.18 bits per heavy atom. The number of allylic oxidation sites excluding steroid dienone is 1. The maximum Gasteiger partial charge on any atom is 0.309 e. The van der Waals surface area contributed by atoms with Crippen molar-refractivity contribution in [3.63, 3.8) is 0 Å². The van der Waals surface area contributed by atoms with Crippen LogP contribution in [0.15, 0.2) is 11.6 Å². The molecule has 0 aromatic rings. The zero-order valence-corrected chi connectivity index (χ0v) is 32.6. The van der Waals surface area contributed by atoms with Crippen molar-refractivity contribution in [2.24, 2.45) is 46.3 Å². The number of aliphatic hydroxyl groups excluding tert-OH is 8. The zero-order valence-electron chi connectivity index (χ0n) is 32.6. The molecule has 314 valence electrons.